The van der Waals surface area contributed by atoms with Crippen LogP contribution in [0.2, 0.25) is 0 Å². The number of aliphatic carboxylic acids is 1. The molecule has 0 radical (unpaired) electrons. The molecule has 1 aliphatic rings. The summed E-state index contributed by atoms with van der Waals surface area (Å²) in [4.78, 5) is 23.1. The van der Waals surface area contributed by atoms with Gasteiger partial charge in [0.2, 0.25) is 0 Å². The molecule has 1 aromatic carbocycles. The molecule has 0 amide bonds. The second kappa shape index (κ2) is 10.8. The molecule has 1 N–H and O–H groups in total. The predicted molar refractivity (Wildman–Crippen MR) is 105 cm³/mol. The highest BCUT2D eigenvalue weighted by molar-refractivity contribution is 5.98. The molecule has 2 rings (SSSR count). The van der Waals surface area contributed by atoms with Crippen LogP contribution in [0.4, 0.5) is 0 Å². The fourth-order valence-corrected chi connectivity index (χ4v) is 3.15. The van der Waals surface area contributed by atoms with E-state index in [1.54, 1.807) is 14.2 Å². The van der Waals surface area contributed by atoms with Gasteiger partial charge in [0.25, 0.3) is 0 Å². The highest BCUT2D eigenvalue weighted by Gasteiger charge is 2.33. The van der Waals surface area contributed by atoms with Gasteiger partial charge in [0.15, 0.2) is 6.79 Å². The number of carbonyl (C=O) groups excluding carboxylic acids is 1. The lowest BCUT2D eigenvalue weighted by atomic mass is 9.94. The lowest BCUT2D eigenvalue weighted by Crippen LogP contribution is -2.13. The Morgan fingerprint density at radius 3 is 2.62 bits per heavy atom. The van der Waals surface area contributed by atoms with Crippen LogP contribution < -0.4 is 9.47 Å². The highest BCUT2D eigenvalue weighted by atomic mass is 16.7. The zero-order chi connectivity index (χ0) is 21.4. The molecule has 0 spiro atoms. The zero-order valence-corrected chi connectivity index (χ0v) is 17.3. The number of benzene rings is 1. The number of carbonyl (C=O) groups is 2. The average Bonchev–Trinajstić information content (AvgIpc) is 3.08. The van der Waals surface area contributed by atoms with E-state index < -0.39 is 11.9 Å². The molecule has 0 saturated carbocycles. The van der Waals surface area contributed by atoms with Crippen molar-refractivity contribution in [3.05, 3.63) is 33.9 Å². The summed E-state index contributed by atoms with van der Waals surface area (Å²) in [6.45, 7) is 4.66. The van der Waals surface area contributed by atoms with Gasteiger partial charge in [-0.1, -0.05) is 11.6 Å². The van der Waals surface area contributed by atoms with Crippen molar-refractivity contribution in [2.45, 2.75) is 39.7 Å². The molecule has 0 bridgehead atoms. The Balaban J connectivity index is 2.36. The number of esters is 1. The minimum atomic E-state index is -0.844. The zero-order valence-electron chi connectivity index (χ0n) is 17.3. The van der Waals surface area contributed by atoms with E-state index >= 15 is 0 Å². The maximum Gasteiger partial charge on any atom is 0.342 e. The molecule has 8 heteroatoms. The molecule has 0 atom stereocenters. The standard InChI is InChI=1S/C21H28O8/c1-13(6-8-17(22)23)5-7-15-19(26-4)14(2)16-11-28-21(24)18(16)20(15)29-12-27-10-9-25-3/h5H,6-12H2,1-4H3,(H,22,23). The highest BCUT2D eigenvalue weighted by Crippen LogP contribution is 2.42. The SMILES string of the molecule is COCCOCOc1c(CC=C(C)CCC(=O)O)c(OC)c(C)c2c1C(=O)OC2. The maximum atomic E-state index is 12.4. The van der Waals surface area contributed by atoms with Crippen LogP contribution in [0, 0.1) is 6.92 Å². The van der Waals surface area contributed by atoms with Gasteiger partial charge >= 0.3 is 11.9 Å². The quantitative estimate of drug-likeness (QED) is 0.244. The van der Waals surface area contributed by atoms with Crippen LogP contribution in [0.5, 0.6) is 11.5 Å². The summed E-state index contributed by atoms with van der Waals surface area (Å²) in [5.41, 5.74) is 3.59. The minimum absolute atomic E-state index is 0.0516. The van der Waals surface area contributed by atoms with E-state index in [1.807, 2.05) is 19.9 Å². The van der Waals surface area contributed by atoms with Crippen LogP contribution in [0.15, 0.2) is 11.6 Å². The number of methoxy groups -OCH3 is 2. The summed E-state index contributed by atoms with van der Waals surface area (Å²) in [5, 5.41) is 8.86. The molecule has 1 aliphatic heterocycles. The van der Waals surface area contributed by atoms with Crippen LogP contribution in [0.1, 0.15) is 46.8 Å². The summed E-state index contributed by atoms with van der Waals surface area (Å²) >= 11 is 0. The molecule has 0 fully saturated rings. The van der Waals surface area contributed by atoms with Gasteiger partial charge in [-0.2, -0.15) is 0 Å². The van der Waals surface area contributed by atoms with Crippen molar-refractivity contribution in [3.8, 4) is 11.5 Å². The first kappa shape index (κ1) is 22.7. The summed E-state index contributed by atoms with van der Waals surface area (Å²) in [6.07, 6.45) is 2.85. The van der Waals surface area contributed by atoms with E-state index in [9.17, 15) is 9.59 Å². The Morgan fingerprint density at radius 1 is 1.21 bits per heavy atom. The smallest absolute Gasteiger partial charge is 0.342 e. The Hall–Kier alpha value is -2.58. The Bertz CT molecular complexity index is 782. The molecule has 160 valence electrons. The summed E-state index contributed by atoms with van der Waals surface area (Å²) in [5.74, 6) is -0.282. The monoisotopic (exact) mass is 408 g/mol. The third-order valence-corrected chi connectivity index (χ3v) is 4.73. The number of hydrogen-bond acceptors (Lipinski definition) is 7. The van der Waals surface area contributed by atoms with Gasteiger partial charge in [0.1, 0.15) is 23.7 Å². The van der Waals surface area contributed by atoms with Crippen molar-refractivity contribution in [2.24, 2.45) is 0 Å². The second-order valence-corrected chi connectivity index (χ2v) is 6.71. The minimum Gasteiger partial charge on any atom is -0.496 e. The number of rotatable bonds is 12. The lowest BCUT2D eigenvalue weighted by molar-refractivity contribution is -0.136. The van der Waals surface area contributed by atoms with Gasteiger partial charge in [-0.15, -0.1) is 0 Å². The largest absolute Gasteiger partial charge is 0.496 e. The van der Waals surface area contributed by atoms with Gasteiger partial charge in [-0.3, -0.25) is 4.79 Å². The van der Waals surface area contributed by atoms with Gasteiger partial charge in [-0.25, -0.2) is 4.79 Å². The van der Waals surface area contributed by atoms with Gasteiger partial charge in [-0.05, 0) is 32.3 Å². The fraction of sp³-hybridized carbons (Fsp3) is 0.524. The predicted octanol–water partition coefficient (Wildman–Crippen LogP) is 3.03. The van der Waals surface area contributed by atoms with E-state index in [1.165, 1.54) is 0 Å². The molecule has 8 nitrogen and oxygen atoms in total. The van der Waals surface area contributed by atoms with Crippen molar-refractivity contribution in [3.63, 3.8) is 0 Å². The molecule has 29 heavy (non-hydrogen) atoms. The van der Waals surface area contributed by atoms with Crippen LogP contribution in [0.3, 0.4) is 0 Å². The van der Waals surface area contributed by atoms with Crippen LogP contribution in [-0.4, -0.2) is 51.3 Å². The molecule has 1 aromatic rings. The van der Waals surface area contributed by atoms with Crippen LogP contribution in [-0.2, 0) is 32.0 Å². The number of hydrogen-bond donors (Lipinski definition) is 1. The van der Waals surface area contributed by atoms with Crippen LogP contribution >= 0.6 is 0 Å². The molecule has 0 saturated heterocycles. The van der Waals surface area contributed by atoms with Crippen molar-refractivity contribution < 1.29 is 38.4 Å². The summed E-state index contributed by atoms with van der Waals surface area (Å²) in [6, 6.07) is 0. The first-order valence-corrected chi connectivity index (χ1v) is 9.37. The van der Waals surface area contributed by atoms with E-state index in [0.717, 1.165) is 16.7 Å². The Labute approximate surface area is 170 Å². The first-order chi connectivity index (χ1) is 13.9. The normalized spacial score (nSPS) is 13.2. The van der Waals surface area contributed by atoms with E-state index in [0.29, 0.717) is 48.7 Å². The van der Waals surface area contributed by atoms with Crippen LogP contribution in [0.25, 0.3) is 0 Å². The van der Waals surface area contributed by atoms with Crippen molar-refractivity contribution >= 4 is 11.9 Å². The van der Waals surface area contributed by atoms with E-state index in [2.05, 4.69) is 0 Å². The van der Waals surface area contributed by atoms with Gasteiger partial charge in [0, 0.05) is 24.7 Å². The van der Waals surface area contributed by atoms with Gasteiger partial charge < -0.3 is 28.8 Å². The third-order valence-electron chi connectivity index (χ3n) is 4.73. The molecule has 0 aromatic heterocycles. The Kier molecular flexibility index (Phi) is 8.48. The molecular formula is C21H28O8. The molecule has 1 heterocycles. The molecular weight excluding hydrogens is 380 g/mol. The summed E-state index contributed by atoms with van der Waals surface area (Å²) in [7, 11) is 3.14. The fourth-order valence-electron chi connectivity index (χ4n) is 3.15. The third kappa shape index (κ3) is 5.71. The first-order valence-electron chi connectivity index (χ1n) is 9.37. The summed E-state index contributed by atoms with van der Waals surface area (Å²) < 4.78 is 27.0. The number of allylic oxidation sites excluding steroid dienone is 2. The molecule has 0 aliphatic carbocycles. The average molecular weight is 408 g/mol. The van der Waals surface area contributed by atoms with Crippen molar-refractivity contribution in [1.29, 1.82) is 0 Å². The molecule has 0 unspecified atom stereocenters. The number of cyclic esters (lactones) is 1. The van der Waals surface area contributed by atoms with E-state index in [-0.39, 0.29) is 19.8 Å². The number of carboxylic acids is 1. The number of ether oxygens (including phenoxy) is 5. The lowest BCUT2D eigenvalue weighted by Gasteiger charge is -2.19. The van der Waals surface area contributed by atoms with Crippen molar-refractivity contribution in [1.82, 2.24) is 0 Å². The number of fused-ring (bicyclic) bond motifs is 1. The topological polar surface area (TPSA) is 101 Å². The number of carboxylic acid groups (broad SMARTS) is 1. The Morgan fingerprint density at radius 2 is 1.97 bits per heavy atom. The van der Waals surface area contributed by atoms with Gasteiger partial charge in [0.05, 0.1) is 20.3 Å². The maximum absolute atomic E-state index is 12.4. The second-order valence-electron chi connectivity index (χ2n) is 6.71. The van der Waals surface area contributed by atoms with E-state index in [4.69, 9.17) is 28.8 Å². The van der Waals surface area contributed by atoms with Crippen molar-refractivity contribution in [2.75, 3.05) is 34.2 Å².